The summed E-state index contributed by atoms with van der Waals surface area (Å²) in [7, 11) is 0. The van der Waals surface area contributed by atoms with E-state index in [0.29, 0.717) is 33.0 Å². The van der Waals surface area contributed by atoms with Gasteiger partial charge < -0.3 is 0 Å². The number of hydrogen-bond acceptors (Lipinski definition) is 4. The Balaban J connectivity index is 2.10. The molecule has 5 nitrogen and oxygen atoms in total. The van der Waals surface area contributed by atoms with Crippen LogP contribution in [-0.2, 0) is 5.33 Å². The Bertz CT molecular complexity index is 1110. The van der Waals surface area contributed by atoms with Crippen LogP contribution in [0.2, 0.25) is 0 Å². The number of halogens is 1. The smallest absolute Gasteiger partial charge is 0.266 e. The molecule has 0 aliphatic carbocycles. The van der Waals surface area contributed by atoms with Crippen molar-refractivity contribution in [1.82, 2.24) is 9.55 Å². The van der Waals surface area contributed by atoms with Crippen molar-refractivity contribution in [2.45, 2.75) is 5.33 Å². The van der Waals surface area contributed by atoms with Crippen LogP contribution in [0.25, 0.3) is 16.6 Å². The minimum absolute atomic E-state index is 0.0965. The summed E-state index contributed by atoms with van der Waals surface area (Å²) >= 11 is 3.37. The van der Waals surface area contributed by atoms with Crippen molar-refractivity contribution < 1.29 is 4.79 Å². The predicted octanol–water partition coefficient (Wildman–Crippen LogP) is 2.70. The maximum atomic E-state index is 12.8. The summed E-state index contributed by atoms with van der Waals surface area (Å²) in [5, 5.41) is 10.1. The molecule has 0 radical (unpaired) electrons. The predicted molar refractivity (Wildman–Crippen MR) is 88.1 cm³/mol. The number of rotatable bonds is 1. The molecule has 0 bridgehead atoms. The summed E-state index contributed by atoms with van der Waals surface area (Å²) in [6.45, 7) is 0. The number of alkyl halides is 1. The van der Waals surface area contributed by atoms with Gasteiger partial charge in [-0.2, -0.15) is 5.26 Å². The number of nitriles is 1. The fourth-order valence-corrected chi connectivity index (χ4v) is 3.14. The Morgan fingerprint density at radius 1 is 1.17 bits per heavy atom. The first kappa shape index (κ1) is 13.9. The maximum absolute atomic E-state index is 12.8. The molecule has 0 fully saturated rings. The third-order valence-electron chi connectivity index (χ3n) is 3.90. The van der Waals surface area contributed by atoms with Gasteiger partial charge in [-0.25, -0.2) is 4.98 Å². The van der Waals surface area contributed by atoms with Crippen LogP contribution in [0.1, 0.15) is 27.3 Å². The summed E-state index contributed by atoms with van der Waals surface area (Å²) in [5.74, 6) is -0.236. The third-order valence-corrected chi connectivity index (χ3v) is 4.55. The van der Waals surface area contributed by atoms with E-state index in [2.05, 4.69) is 20.9 Å². The van der Waals surface area contributed by atoms with E-state index in [9.17, 15) is 9.59 Å². The molecule has 6 heteroatoms. The van der Waals surface area contributed by atoms with Gasteiger partial charge in [-0.1, -0.05) is 22.0 Å². The monoisotopic (exact) mass is 365 g/mol. The average Bonchev–Trinajstić information content (AvgIpc) is 2.87. The second-order valence-corrected chi connectivity index (χ2v) is 5.79. The normalized spacial score (nSPS) is 12.1. The Morgan fingerprint density at radius 2 is 2.00 bits per heavy atom. The number of benzene rings is 2. The molecule has 2 aromatic carbocycles. The first-order chi connectivity index (χ1) is 11.1. The van der Waals surface area contributed by atoms with Crippen LogP contribution in [0.3, 0.4) is 0 Å². The number of nitrogens with zero attached hydrogens (tertiary/aromatic N) is 3. The summed E-state index contributed by atoms with van der Waals surface area (Å²) < 4.78 is 1.33. The lowest BCUT2D eigenvalue weighted by Gasteiger charge is -2.06. The molecule has 110 valence electrons. The standard InChI is InChI=1S/C17H8BrN3O2/c18-7-9-1-3-13-11(5-9)17(23)21-14-4-2-10(8-19)6-12(14)15(22)16(21)20-13/h1-6H,7H2. The lowest BCUT2D eigenvalue weighted by atomic mass is 10.1. The fourth-order valence-electron chi connectivity index (χ4n) is 2.79. The van der Waals surface area contributed by atoms with Gasteiger partial charge in [0.1, 0.15) is 0 Å². The molecule has 0 spiro atoms. The van der Waals surface area contributed by atoms with E-state index >= 15 is 0 Å². The summed E-state index contributed by atoms with van der Waals surface area (Å²) in [6.07, 6.45) is 0. The number of carbonyl (C=O) groups excluding carboxylic acids is 1. The van der Waals surface area contributed by atoms with Crippen LogP contribution in [0.5, 0.6) is 0 Å². The molecule has 0 saturated heterocycles. The van der Waals surface area contributed by atoms with E-state index in [1.54, 1.807) is 24.3 Å². The molecule has 1 aromatic heterocycles. The molecule has 4 rings (SSSR count). The topological polar surface area (TPSA) is 75.8 Å². The first-order valence-electron chi connectivity index (χ1n) is 6.85. The van der Waals surface area contributed by atoms with E-state index in [-0.39, 0.29) is 17.2 Å². The van der Waals surface area contributed by atoms with Gasteiger partial charge in [0.25, 0.3) is 5.56 Å². The van der Waals surface area contributed by atoms with E-state index in [1.807, 2.05) is 12.1 Å². The number of ketones is 1. The van der Waals surface area contributed by atoms with Crippen molar-refractivity contribution in [3.8, 4) is 11.8 Å². The molecule has 23 heavy (non-hydrogen) atoms. The van der Waals surface area contributed by atoms with Crippen LogP contribution >= 0.6 is 15.9 Å². The third kappa shape index (κ3) is 1.87. The quantitative estimate of drug-likeness (QED) is 0.486. The zero-order valence-corrected chi connectivity index (χ0v) is 13.3. The molecule has 0 saturated carbocycles. The Morgan fingerprint density at radius 3 is 2.74 bits per heavy atom. The number of aromatic nitrogens is 2. The SMILES string of the molecule is N#Cc1ccc2c(c1)C(=O)c1nc3ccc(CBr)cc3c(=O)n1-2. The van der Waals surface area contributed by atoms with Gasteiger partial charge >= 0.3 is 0 Å². The highest BCUT2D eigenvalue weighted by atomic mass is 79.9. The Labute approximate surface area is 138 Å². The molecule has 1 aliphatic heterocycles. The minimum atomic E-state index is -0.333. The molecular formula is C17H8BrN3O2. The second kappa shape index (κ2) is 4.86. The highest BCUT2D eigenvalue weighted by Crippen LogP contribution is 2.27. The van der Waals surface area contributed by atoms with E-state index in [0.717, 1.165) is 5.56 Å². The molecular weight excluding hydrogens is 358 g/mol. The van der Waals surface area contributed by atoms with Crippen molar-refractivity contribution in [3.05, 3.63) is 69.3 Å². The van der Waals surface area contributed by atoms with Crippen molar-refractivity contribution >= 4 is 32.6 Å². The largest absolute Gasteiger partial charge is 0.285 e. The molecule has 1 aliphatic rings. The number of fused-ring (bicyclic) bond motifs is 4. The summed E-state index contributed by atoms with van der Waals surface area (Å²) in [5.41, 5.74) is 2.37. The van der Waals surface area contributed by atoms with Crippen molar-refractivity contribution in [1.29, 1.82) is 5.26 Å². The maximum Gasteiger partial charge on any atom is 0.266 e. The van der Waals surface area contributed by atoms with Gasteiger partial charge in [-0.3, -0.25) is 14.2 Å². The van der Waals surface area contributed by atoms with Crippen LogP contribution in [0.4, 0.5) is 0 Å². The molecule has 0 amide bonds. The fraction of sp³-hybridized carbons (Fsp3) is 0.0588. The Kier molecular flexibility index (Phi) is 2.93. The second-order valence-electron chi connectivity index (χ2n) is 5.23. The molecule has 3 aromatic rings. The van der Waals surface area contributed by atoms with Gasteiger partial charge in [0, 0.05) is 5.33 Å². The lowest BCUT2D eigenvalue weighted by Crippen LogP contribution is -2.21. The minimum Gasteiger partial charge on any atom is -0.285 e. The zero-order chi connectivity index (χ0) is 16.1. The first-order valence-corrected chi connectivity index (χ1v) is 7.97. The molecule has 0 atom stereocenters. The van der Waals surface area contributed by atoms with Gasteiger partial charge in [0.05, 0.1) is 33.8 Å². The van der Waals surface area contributed by atoms with Crippen molar-refractivity contribution in [2.24, 2.45) is 0 Å². The summed E-state index contributed by atoms with van der Waals surface area (Å²) in [6, 6.07) is 12.1. The molecule has 0 unspecified atom stereocenters. The van der Waals surface area contributed by atoms with Crippen LogP contribution in [0, 0.1) is 11.3 Å². The zero-order valence-electron chi connectivity index (χ0n) is 11.7. The number of carbonyl (C=O) groups is 1. The van der Waals surface area contributed by atoms with E-state index < -0.39 is 0 Å². The van der Waals surface area contributed by atoms with Crippen molar-refractivity contribution in [2.75, 3.05) is 0 Å². The average molecular weight is 366 g/mol. The van der Waals surface area contributed by atoms with Crippen LogP contribution in [0.15, 0.2) is 41.2 Å². The van der Waals surface area contributed by atoms with Gasteiger partial charge in [-0.05, 0) is 35.9 Å². The van der Waals surface area contributed by atoms with Crippen LogP contribution < -0.4 is 5.56 Å². The van der Waals surface area contributed by atoms with Crippen molar-refractivity contribution in [3.63, 3.8) is 0 Å². The highest BCUT2D eigenvalue weighted by molar-refractivity contribution is 9.08. The van der Waals surface area contributed by atoms with E-state index in [4.69, 9.17) is 5.26 Å². The number of hydrogen-bond donors (Lipinski definition) is 0. The Hall–Kier alpha value is -2.78. The van der Waals surface area contributed by atoms with Gasteiger partial charge in [-0.15, -0.1) is 0 Å². The molecule has 2 heterocycles. The lowest BCUT2D eigenvalue weighted by molar-refractivity contribution is 0.103. The molecule has 0 N–H and O–H groups in total. The van der Waals surface area contributed by atoms with Crippen LogP contribution in [-0.4, -0.2) is 15.3 Å². The summed E-state index contributed by atoms with van der Waals surface area (Å²) in [4.78, 5) is 29.7. The van der Waals surface area contributed by atoms with E-state index in [1.165, 1.54) is 10.6 Å². The van der Waals surface area contributed by atoms with Gasteiger partial charge in [0.15, 0.2) is 5.82 Å². The highest BCUT2D eigenvalue weighted by Gasteiger charge is 2.30. The van der Waals surface area contributed by atoms with Gasteiger partial charge in [0.2, 0.25) is 5.78 Å².